The summed E-state index contributed by atoms with van der Waals surface area (Å²) < 4.78 is 23.9. The van der Waals surface area contributed by atoms with Gasteiger partial charge in [-0.2, -0.15) is 0 Å². The summed E-state index contributed by atoms with van der Waals surface area (Å²) in [6, 6.07) is 0. The molecule has 6 heteroatoms. The van der Waals surface area contributed by atoms with Gasteiger partial charge in [0.2, 0.25) is 0 Å². The van der Waals surface area contributed by atoms with Gasteiger partial charge in [-0.05, 0) is 19.3 Å². The average Bonchev–Trinajstić information content (AvgIpc) is 2.95. The van der Waals surface area contributed by atoms with Crippen molar-refractivity contribution in [2.75, 3.05) is 33.8 Å². The first-order chi connectivity index (χ1) is 16.3. The Hall–Kier alpha value is 0.0700. The van der Waals surface area contributed by atoms with Crippen molar-refractivity contribution in [1.29, 1.82) is 0 Å². The fourth-order valence-corrected chi connectivity index (χ4v) is 6.01. The number of rotatable bonds is 22. The second-order valence-corrected chi connectivity index (χ2v) is 12.8. The van der Waals surface area contributed by atoms with Gasteiger partial charge in [0.05, 0.1) is 39.9 Å². The molecular weight excluding hydrogens is 445 g/mol. The topological polar surface area (TPSA) is 55.8 Å². The summed E-state index contributed by atoms with van der Waals surface area (Å²) in [4.78, 5) is 10.0. The summed E-state index contributed by atoms with van der Waals surface area (Å²) in [5.74, 6) is 0. The van der Waals surface area contributed by atoms with Crippen LogP contribution in [0, 0.1) is 0 Å². The molecule has 2 atom stereocenters. The molecule has 0 amide bonds. The number of nitrogens with zero attached hydrogens (tertiary/aromatic N) is 1. The monoisotopic (exact) mass is 504 g/mol. The highest BCUT2D eigenvalue weighted by Crippen LogP contribution is 2.46. The fourth-order valence-electron chi connectivity index (χ4n) is 5.00. The smallest absolute Gasteiger partial charge is 0.328 e. The van der Waals surface area contributed by atoms with Gasteiger partial charge in [-0.15, -0.1) is 0 Å². The summed E-state index contributed by atoms with van der Waals surface area (Å²) in [7, 11) is 0.487. The second kappa shape index (κ2) is 20.2. The molecule has 0 bridgehead atoms. The molecule has 0 aromatic carbocycles. The minimum atomic E-state index is -3.92. The van der Waals surface area contributed by atoms with E-state index in [9.17, 15) is 9.46 Å². The van der Waals surface area contributed by atoms with E-state index in [1.165, 1.54) is 103 Å². The molecule has 34 heavy (non-hydrogen) atoms. The molecule has 0 radical (unpaired) electrons. The molecule has 5 nitrogen and oxygen atoms in total. The van der Waals surface area contributed by atoms with Crippen molar-refractivity contribution in [3.8, 4) is 0 Å². The zero-order valence-corrected chi connectivity index (χ0v) is 24.0. The van der Waals surface area contributed by atoms with Crippen LogP contribution in [0.25, 0.3) is 0 Å². The predicted octanol–water partition coefficient (Wildman–Crippen LogP) is 8.79. The van der Waals surface area contributed by atoms with E-state index in [0.717, 1.165) is 49.7 Å². The zero-order chi connectivity index (χ0) is 25.0. The van der Waals surface area contributed by atoms with Crippen LogP contribution in [-0.2, 0) is 13.6 Å². The number of likely N-dealkylation sites (tertiary alicyclic amines) is 1. The van der Waals surface area contributed by atoms with Crippen molar-refractivity contribution in [1.82, 2.24) is 0 Å². The van der Waals surface area contributed by atoms with Crippen LogP contribution in [0.2, 0.25) is 0 Å². The van der Waals surface area contributed by atoms with E-state index in [2.05, 4.69) is 21.0 Å². The molecule has 1 N–H and O–H groups in total. The number of hydrogen-bond acceptors (Lipinski definition) is 3. The Morgan fingerprint density at radius 3 is 1.62 bits per heavy atom. The minimum Gasteiger partial charge on any atom is -0.328 e. The standard InChI is InChI=1S/C28H58NO4P/c1-4-5-6-7-8-9-10-11-12-13-14-15-16-17-18-19-20-21-27-32-34(30,31)33-28-23-22-25-29(2,3)26-24-28/h28H,4-27H2,1-3H3/p+1. The van der Waals surface area contributed by atoms with Gasteiger partial charge in [-0.3, -0.25) is 9.05 Å². The number of unbranched alkanes of at least 4 members (excludes halogenated alkanes) is 17. The molecule has 0 aromatic heterocycles. The van der Waals surface area contributed by atoms with Crippen LogP contribution in [0.15, 0.2) is 0 Å². The van der Waals surface area contributed by atoms with Crippen molar-refractivity contribution in [2.45, 2.75) is 148 Å². The number of hydrogen-bond donors (Lipinski definition) is 1. The summed E-state index contributed by atoms with van der Waals surface area (Å²) in [5.41, 5.74) is 0. The molecule has 0 aromatic rings. The molecule has 1 aliphatic heterocycles. The first-order valence-electron chi connectivity index (χ1n) is 14.8. The third kappa shape index (κ3) is 19.3. The fraction of sp³-hybridized carbons (Fsp3) is 1.00. The van der Waals surface area contributed by atoms with E-state index in [4.69, 9.17) is 9.05 Å². The van der Waals surface area contributed by atoms with Crippen molar-refractivity contribution in [3.05, 3.63) is 0 Å². The highest BCUT2D eigenvalue weighted by molar-refractivity contribution is 7.47. The van der Waals surface area contributed by atoms with Crippen LogP contribution in [-0.4, -0.2) is 49.3 Å². The van der Waals surface area contributed by atoms with E-state index < -0.39 is 7.82 Å². The Morgan fingerprint density at radius 1 is 0.706 bits per heavy atom. The van der Waals surface area contributed by atoms with Gasteiger partial charge in [0.15, 0.2) is 0 Å². The van der Waals surface area contributed by atoms with Crippen molar-refractivity contribution in [3.63, 3.8) is 0 Å². The zero-order valence-electron chi connectivity index (χ0n) is 23.1. The van der Waals surface area contributed by atoms with Crippen LogP contribution in [0.4, 0.5) is 0 Å². The lowest BCUT2D eigenvalue weighted by Crippen LogP contribution is -2.40. The molecule has 1 aliphatic rings. The molecule has 0 aliphatic carbocycles. The van der Waals surface area contributed by atoms with Crippen LogP contribution in [0.5, 0.6) is 0 Å². The van der Waals surface area contributed by atoms with Crippen LogP contribution in [0.3, 0.4) is 0 Å². The van der Waals surface area contributed by atoms with Crippen LogP contribution >= 0.6 is 7.82 Å². The maximum absolute atomic E-state index is 12.2. The first kappa shape index (κ1) is 32.1. The highest BCUT2D eigenvalue weighted by atomic mass is 31.2. The largest absolute Gasteiger partial charge is 0.472 e. The van der Waals surface area contributed by atoms with Gasteiger partial charge in [0.25, 0.3) is 0 Å². The van der Waals surface area contributed by atoms with Gasteiger partial charge < -0.3 is 9.38 Å². The van der Waals surface area contributed by atoms with Gasteiger partial charge in [0.1, 0.15) is 0 Å². The van der Waals surface area contributed by atoms with Gasteiger partial charge >= 0.3 is 7.82 Å². The van der Waals surface area contributed by atoms with E-state index in [-0.39, 0.29) is 6.10 Å². The SMILES string of the molecule is CCCCCCCCCCCCCCCCCCCCOP(=O)(O)OC1CCC[N+](C)(C)CC1. The van der Waals surface area contributed by atoms with Gasteiger partial charge in [-0.1, -0.05) is 116 Å². The Kier molecular flexibility index (Phi) is 19.0. The molecule has 1 fully saturated rings. The Morgan fingerprint density at radius 2 is 1.15 bits per heavy atom. The maximum Gasteiger partial charge on any atom is 0.472 e. The second-order valence-electron chi connectivity index (χ2n) is 11.4. The molecule has 0 spiro atoms. The molecule has 2 unspecified atom stereocenters. The van der Waals surface area contributed by atoms with Crippen molar-refractivity contribution in [2.24, 2.45) is 0 Å². The molecule has 1 rings (SSSR count). The van der Waals surface area contributed by atoms with E-state index >= 15 is 0 Å². The van der Waals surface area contributed by atoms with Crippen molar-refractivity contribution < 1.29 is 23.0 Å². The molecule has 0 saturated carbocycles. The average molecular weight is 505 g/mol. The third-order valence-corrected chi connectivity index (χ3v) is 8.45. The molecule has 204 valence electrons. The normalized spacial score (nSPS) is 20.2. The lowest BCUT2D eigenvalue weighted by atomic mass is 10.0. The lowest BCUT2D eigenvalue weighted by molar-refractivity contribution is -0.889. The van der Waals surface area contributed by atoms with Crippen LogP contribution < -0.4 is 0 Å². The Bertz CT molecular complexity index is 515. The van der Waals surface area contributed by atoms with Crippen LogP contribution in [0.1, 0.15) is 142 Å². The van der Waals surface area contributed by atoms with Crippen molar-refractivity contribution >= 4 is 7.82 Å². The quantitative estimate of drug-likeness (QED) is 0.0909. The van der Waals surface area contributed by atoms with E-state index in [1.807, 2.05) is 0 Å². The Labute approximate surface area is 212 Å². The molecule has 1 heterocycles. The number of phosphoric ester groups is 1. The van der Waals surface area contributed by atoms with E-state index in [1.54, 1.807) is 0 Å². The summed E-state index contributed by atoms with van der Waals surface area (Å²) in [6.07, 6.45) is 26.5. The maximum atomic E-state index is 12.2. The first-order valence-corrected chi connectivity index (χ1v) is 16.3. The lowest BCUT2D eigenvalue weighted by Gasteiger charge is -2.27. The van der Waals surface area contributed by atoms with Gasteiger partial charge in [0, 0.05) is 6.42 Å². The Balaban J connectivity index is 1.84. The highest BCUT2D eigenvalue weighted by Gasteiger charge is 2.30. The molecular formula is C28H59NO4P+. The van der Waals surface area contributed by atoms with Gasteiger partial charge in [-0.25, -0.2) is 4.57 Å². The third-order valence-electron chi connectivity index (χ3n) is 7.38. The summed E-state index contributed by atoms with van der Waals surface area (Å²) >= 11 is 0. The predicted molar refractivity (Wildman–Crippen MR) is 145 cm³/mol. The minimum absolute atomic E-state index is 0.156. The number of quaternary nitrogens is 1. The molecule has 1 saturated heterocycles. The number of phosphoric acid groups is 1. The summed E-state index contributed by atoms with van der Waals surface area (Å²) in [6.45, 7) is 4.67. The summed E-state index contributed by atoms with van der Waals surface area (Å²) in [5, 5.41) is 0. The van der Waals surface area contributed by atoms with E-state index in [0.29, 0.717) is 6.61 Å².